The molecule has 2 N–H and O–H groups in total. The maximum Gasteiger partial charge on any atom is 0.255 e. The third-order valence-electron chi connectivity index (χ3n) is 3.91. The van der Waals surface area contributed by atoms with Crippen molar-refractivity contribution in [3.63, 3.8) is 0 Å². The molecule has 1 aromatic carbocycles. The molecule has 1 aliphatic heterocycles. The first-order valence-electron chi connectivity index (χ1n) is 8.00. The number of amides is 2. The Hall–Kier alpha value is -1.78. The summed E-state index contributed by atoms with van der Waals surface area (Å²) in [6.45, 7) is 2.71. The average Bonchev–Trinajstić information content (AvgIpc) is 3.15. The van der Waals surface area contributed by atoms with Crippen LogP contribution in [0.15, 0.2) is 33.5 Å². The van der Waals surface area contributed by atoms with Crippen LogP contribution < -0.4 is 10.6 Å². The van der Waals surface area contributed by atoms with Gasteiger partial charge < -0.3 is 15.5 Å². The third kappa shape index (κ3) is 4.49. The van der Waals surface area contributed by atoms with E-state index in [9.17, 15) is 9.59 Å². The fraction of sp³-hybridized carbons (Fsp3) is 0.375. The van der Waals surface area contributed by atoms with E-state index in [4.69, 9.17) is 5.73 Å². The van der Waals surface area contributed by atoms with E-state index in [1.807, 2.05) is 35.4 Å². The number of anilines is 1. The topological polar surface area (TPSA) is 92.4 Å². The summed E-state index contributed by atoms with van der Waals surface area (Å²) in [6, 6.07) is 7.70. The van der Waals surface area contributed by atoms with Gasteiger partial charge in [-0.1, -0.05) is 35.2 Å². The normalized spacial score (nSPS) is 14.5. The molecule has 10 heteroatoms. The van der Waals surface area contributed by atoms with Crippen LogP contribution in [0.2, 0.25) is 0 Å². The van der Waals surface area contributed by atoms with Gasteiger partial charge in [-0.15, -0.1) is 22.0 Å². The number of benzene rings is 1. The molecule has 3 rings (SSSR count). The van der Waals surface area contributed by atoms with Gasteiger partial charge >= 0.3 is 0 Å². The van der Waals surface area contributed by atoms with E-state index in [0.717, 1.165) is 19.9 Å². The Morgan fingerprint density at radius 1 is 1.19 bits per heavy atom. The van der Waals surface area contributed by atoms with Crippen LogP contribution in [0, 0.1) is 0 Å². The van der Waals surface area contributed by atoms with E-state index in [0.29, 0.717) is 26.2 Å². The summed E-state index contributed by atoms with van der Waals surface area (Å²) in [4.78, 5) is 28.7. The molecule has 138 valence electrons. The second kappa shape index (κ2) is 8.74. The van der Waals surface area contributed by atoms with Gasteiger partial charge in [0.05, 0.1) is 11.3 Å². The predicted molar refractivity (Wildman–Crippen MR) is 106 cm³/mol. The molecule has 2 aromatic rings. The van der Waals surface area contributed by atoms with Crippen LogP contribution in [0.4, 0.5) is 5.13 Å². The molecule has 1 saturated heterocycles. The summed E-state index contributed by atoms with van der Waals surface area (Å²) in [5.41, 5.74) is 5.91. The van der Waals surface area contributed by atoms with Gasteiger partial charge in [-0.05, 0) is 18.4 Å². The van der Waals surface area contributed by atoms with E-state index >= 15 is 0 Å². The number of hydrogen-bond acceptors (Lipinski definition) is 8. The zero-order valence-electron chi connectivity index (χ0n) is 14.3. The number of primary amides is 1. The van der Waals surface area contributed by atoms with Crippen LogP contribution in [0.5, 0.6) is 0 Å². The van der Waals surface area contributed by atoms with Crippen LogP contribution in [0.1, 0.15) is 10.4 Å². The highest BCUT2D eigenvalue weighted by Gasteiger charge is 2.25. The highest BCUT2D eigenvalue weighted by Crippen LogP contribution is 2.29. The molecule has 1 aliphatic rings. The Balaban J connectivity index is 1.59. The molecule has 7 nitrogen and oxygen atoms in total. The molecule has 1 fully saturated rings. The van der Waals surface area contributed by atoms with Crippen molar-refractivity contribution in [3.05, 3.63) is 29.8 Å². The monoisotopic (exact) mass is 409 g/mol. The summed E-state index contributed by atoms with van der Waals surface area (Å²) in [5.74, 6) is -0.0971. The van der Waals surface area contributed by atoms with Crippen LogP contribution >= 0.6 is 34.9 Å². The first-order chi connectivity index (χ1) is 12.6. The van der Waals surface area contributed by atoms with Crippen LogP contribution in [0.25, 0.3) is 0 Å². The summed E-state index contributed by atoms with van der Waals surface area (Å²) < 4.78 is 0.728. The standard InChI is InChI=1S/C16H19N5O2S3/c1-24-12-5-3-2-4-11(12)14(23)20-6-8-21(9-7-20)15-18-19-16(26-15)25-10-13(17)22/h2-5H,6-10H2,1H3,(H2,17,22). The second-order valence-electron chi connectivity index (χ2n) is 5.59. The summed E-state index contributed by atoms with van der Waals surface area (Å²) >= 11 is 4.33. The lowest BCUT2D eigenvalue weighted by molar-refractivity contribution is -0.115. The Bertz CT molecular complexity index is 790. The van der Waals surface area contributed by atoms with Crippen molar-refractivity contribution < 1.29 is 9.59 Å². The first kappa shape index (κ1) is 19.0. The Morgan fingerprint density at radius 2 is 1.92 bits per heavy atom. The lowest BCUT2D eigenvalue weighted by Crippen LogP contribution is -2.48. The molecule has 0 spiro atoms. The number of nitrogens with two attached hydrogens (primary N) is 1. The third-order valence-corrected chi connectivity index (χ3v) is 6.84. The number of aromatic nitrogens is 2. The van der Waals surface area contributed by atoms with E-state index in [1.165, 1.54) is 23.1 Å². The molecule has 0 radical (unpaired) electrons. The fourth-order valence-electron chi connectivity index (χ4n) is 2.61. The molecule has 0 aliphatic carbocycles. The Kier molecular flexibility index (Phi) is 6.38. The molecule has 26 heavy (non-hydrogen) atoms. The number of carbonyl (C=O) groups excluding carboxylic acids is 2. The van der Waals surface area contributed by atoms with Crippen molar-refractivity contribution in [2.75, 3.05) is 43.1 Å². The van der Waals surface area contributed by atoms with Crippen molar-refractivity contribution in [1.29, 1.82) is 0 Å². The van der Waals surface area contributed by atoms with Gasteiger partial charge in [-0.25, -0.2) is 0 Å². The van der Waals surface area contributed by atoms with Crippen LogP contribution in [-0.4, -0.2) is 65.1 Å². The molecule has 0 saturated carbocycles. The molecule has 0 bridgehead atoms. The minimum atomic E-state index is -0.371. The van der Waals surface area contributed by atoms with Crippen molar-refractivity contribution in [2.24, 2.45) is 5.73 Å². The summed E-state index contributed by atoms with van der Waals surface area (Å²) in [6.07, 6.45) is 1.98. The highest BCUT2D eigenvalue weighted by molar-refractivity contribution is 8.01. The van der Waals surface area contributed by atoms with Gasteiger partial charge in [0.25, 0.3) is 5.91 Å². The van der Waals surface area contributed by atoms with Crippen LogP contribution in [-0.2, 0) is 4.79 Å². The number of thioether (sulfide) groups is 2. The average molecular weight is 410 g/mol. The van der Waals surface area contributed by atoms with Crippen LogP contribution in [0.3, 0.4) is 0 Å². The quantitative estimate of drug-likeness (QED) is 0.727. The van der Waals surface area contributed by atoms with Gasteiger partial charge in [-0.2, -0.15) is 0 Å². The molecular formula is C16H19N5O2S3. The van der Waals surface area contributed by atoms with E-state index in [2.05, 4.69) is 15.1 Å². The van der Waals surface area contributed by atoms with E-state index in [-0.39, 0.29) is 17.6 Å². The molecule has 2 heterocycles. The molecule has 1 aromatic heterocycles. The van der Waals surface area contributed by atoms with Gasteiger partial charge in [0.15, 0.2) is 4.34 Å². The number of carbonyl (C=O) groups is 2. The molecule has 0 unspecified atom stereocenters. The summed E-state index contributed by atoms with van der Waals surface area (Å²) in [5, 5.41) is 9.09. The largest absolute Gasteiger partial charge is 0.369 e. The molecule has 2 amide bonds. The van der Waals surface area contributed by atoms with Gasteiger partial charge in [0.2, 0.25) is 11.0 Å². The number of piperazine rings is 1. The number of rotatable bonds is 6. The van der Waals surface area contributed by atoms with Gasteiger partial charge in [-0.3, -0.25) is 9.59 Å². The zero-order chi connectivity index (χ0) is 18.5. The lowest BCUT2D eigenvalue weighted by Gasteiger charge is -2.34. The smallest absolute Gasteiger partial charge is 0.255 e. The fourth-order valence-corrected chi connectivity index (χ4v) is 4.84. The van der Waals surface area contributed by atoms with Crippen molar-refractivity contribution in [1.82, 2.24) is 15.1 Å². The van der Waals surface area contributed by atoms with Crippen molar-refractivity contribution in [2.45, 2.75) is 9.24 Å². The summed E-state index contributed by atoms with van der Waals surface area (Å²) in [7, 11) is 0. The maximum atomic E-state index is 12.8. The second-order valence-corrected chi connectivity index (χ2v) is 8.61. The SMILES string of the molecule is CSc1ccccc1C(=O)N1CCN(c2nnc(SCC(N)=O)s2)CC1. The highest BCUT2D eigenvalue weighted by atomic mass is 32.2. The molecular weight excluding hydrogens is 390 g/mol. The number of nitrogens with zero attached hydrogens (tertiary/aromatic N) is 4. The molecule has 0 atom stereocenters. The maximum absolute atomic E-state index is 12.8. The van der Waals surface area contributed by atoms with E-state index in [1.54, 1.807) is 11.8 Å². The Morgan fingerprint density at radius 3 is 2.62 bits per heavy atom. The number of hydrogen-bond donors (Lipinski definition) is 1. The first-order valence-corrected chi connectivity index (χ1v) is 11.0. The zero-order valence-corrected chi connectivity index (χ0v) is 16.7. The van der Waals surface area contributed by atoms with E-state index < -0.39 is 0 Å². The minimum Gasteiger partial charge on any atom is -0.369 e. The Labute approximate surface area is 164 Å². The van der Waals surface area contributed by atoms with Gasteiger partial charge in [0, 0.05) is 31.1 Å². The van der Waals surface area contributed by atoms with Gasteiger partial charge in [0.1, 0.15) is 0 Å². The minimum absolute atomic E-state index is 0.0737. The lowest BCUT2D eigenvalue weighted by atomic mass is 10.2. The van der Waals surface area contributed by atoms with Crippen molar-refractivity contribution in [3.8, 4) is 0 Å². The van der Waals surface area contributed by atoms with Crippen molar-refractivity contribution >= 4 is 51.8 Å². The predicted octanol–water partition coefficient (Wildman–Crippen LogP) is 1.80.